The van der Waals surface area contributed by atoms with Gasteiger partial charge in [0.05, 0.1) is 17.1 Å². The standard InChI is InChI=1S/C30H30N2O2S/c1-23-17-19-28(20-18-23)35(33,34)32(22-27-15-8-5-9-16-27)29(21-26-13-6-4-7-14-26)31-30-24(2)11-10-12-25(30)3/h4-20H,21-22H2,1-3H3. The Bertz CT molecular complexity index is 1390. The molecule has 0 aliphatic carbocycles. The highest BCUT2D eigenvalue weighted by Gasteiger charge is 2.28. The first kappa shape index (κ1) is 24.4. The molecule has 0 atom stereocenters. The van der Waals surface area contributed by atoms with Crippen LogP contribution in [0.25, 0.3) is 0 Å². The summed E-state index contributed by atoms with van der Waals surface area (Å²) < 4.78 is 29.6. The summed E-state index contributed by atoms with van der Waals surface area (Å²) in [5, 5.41) is 0. The Kier molecular flexibility index (Phi) is 7.47. The zero-order valence-electron chi connectivity index (χ0n) is 20.3. The maximum Gasteiger partial charge on any atom is 0.265 e. The molecule has 0 bridgehead atoms. The van der Waals surface area contributed by atoms with Gasteiger partial charge in [0.25, 0.3) is 10.0 Å². The Morgan fingerprint density at radius 3 is 1.80 bits per heavy atom. The van der Waals surface area contributed by atoms with Crippen molar-refractivity contribution in [1.29, 1.82) is 0 Å². The lowest BCUT2D eigenvalue weighted by molar-refractivity contribution is 0.515. The van der Waals surface area contributed by atoms with Gasteiger partial charge in [-0.2, -0.15) is 0 Å². The molecule has 4 nitrogen and oxygen atoms in total. The number of hydrogen-bond acceptors (Lipinski definition) is 3. The van der Waals surface area contributed by atoms with Gasteiger partial charge in [0.15, 0.2) is 0 Å². The molecule has 4 aromatic carbocycles. The van der Waals surface area contributed by atoms with Crippen LogP contribution in [0.2, 0.25) is 0 Å². The number of nitrogens with zero attached hydrogens (tertiary/aromatic N) is 2. The lowest BCUT2D eigenvalue weighted by Gasteiger charge is -2.27. The quantitative estimate of drug-likeness (QED) is 0.215. The summed E-state index contributed by atoms with van der Waals surface area (Å²) in [6.07, 6.45) is 0.381. The Hall–Kier alpha value is -3.70. The Morgan fingerprint density at radius 2 is 1.23 bits per heavy atom. The van der Waals surface area contributed by atoms with Crippen molar-refractivity contribution in [3.63, 3.8) is 0 Å². The fourth-order valence-electron chi connectivity index (χ4n) is 3.97. The van der Waals surface area contributed by atoms with Crippen molar-refractivity contribution < 1.29 is 8.42 Å². The zero-order valence-corrected chi connectivity index (χ0v) is 21.2. The molecule has 35 heavy (non-hydrogen) atoms. The zero-order chi connectivity index (χ0) is 24.8. The predicted molar refractivity (Wildman–Crippen MR) is 144 cm³/mol. The summed E-state index contributed by atoms with van der Waals surface area (Å²) in [6, 6.07) is 32.5. The molecule has 0 saturated heterocycles. The molecule has 0 aliphatic heterocycles. The van der Waals surface area contributed by atoms with E-state index < -0.39 is 10.0 Å². The van der Waals surface area contributed by atoms with Gasteiger partial charge in [-0.1, -0.05) is 96.6 Å². The van der Waals surface area contributed by atoms with Gasteiger partial charge in [-0.25, -0.2) is 17.7 Å². The molecule has 0 saturated carbocycles. The maximum atomic E-state index is 14.1. The van der Waals surface area contributed by atoms with Crippen LogP contribution in [0.1, 0.15) is 27.8 Å². The third-order valence-corrected chi connectivity index (χ3v) is 7.74. The van der Waals surface area contributed by atoms with Crippen LogP contribution in [0.3, 0.4) is 0 Å². The van der Waals surface area contributed by atoms with Gasteiger partial charge >= 0.3 is 0 Å². The van der Waals surface area contributed by atoms with Gasteiger partial charge in [0.2, 0.25) is 0 Å². The number of para-hydroxylation sites is 1. The largest absolute Gasteiger partial charge is 0.265 e. The van der Waals surface area contributed by atoms with Crippen molar-refractivity contribution >= 4 is 21.5 Å². The molecule has 0 N–H and O–H groups in total. The number of amidine groups is 1. The van der Waals surface area contributed by atoms with Crippen LogP contribution in [0, 0.1) is 20.8 Å². The van der Waals surface area contributed by atoms with Crippen molar-refractivity contribution in [3.8, 4) is 0 Å². The van der Waals surface area contributed by atoms with E-state index >= 15 is 0 Å². The number of rotatable bonds is 7. The van der Waals surface area contributed by atoms with Gasteiger partial charge in [-0.3, -0.25) is 0 Å². The first-order valence-corrected chi connectivity index (χ1v) is 13.1. The first-order chi connectivity index (χ1) is 16.8. The second kappa shape index (κ2) is 10.7. The van der Waals surface area contributed by atoms with Crippen molar-refractivity contribution in [2.75, 3.05) is 0 Å². The summed E-state index contributed by atoms with van der Waals surface area (Å²) in [7, 11) is -3.88. The average molecular weight is 483 g/mol. The third kappa shape index (κ3) is 5.87. The monoisotopic (exact) mass is 482 g/mol. The maximum absolute atomic E-state index is 14.1. The van der Waals surface area contributed by atoms with Gasteiger partial charge < -0.3 is 0 Å². The number of aryl methyl sites for hydroxylation is 3. The van der Waals surface area contributed by atoms with Gasteiger partial charge in [-0.05, 0) is 55.2 Å². The van der Waals surface area contributed by atoms with Crippen LogP contribution in [0.5, 0.6) is 0 Å². The summed E-state index contributed by atoms with van der Waals surface area (Å²) in [4.78, 5) is 5.27. The van der Waals surface area contributed by atoms with E-state index in [4.69, 9.17) is 4.99 Å². The summed E-state index contributed by atoms with van der Waals surface area (Å²) in [5.41, 5.74) is 5.70. The second-order valence-electron chi connectivity index (χ2n) is 8.74. The topological polar surface area (TPSA) is 49.7 Å². The molecule has 0 radical (unpaired) electrons. The second-order valence-corrected chi connectivity index (χ2v) is 10.6. The third-order valence-electron chi connectivity index (χ3n) is 5.95. The molecule has 0 aliphatic rings. The van der Waals surface area contributed by atoms with Crippen LogP contribution < -0.4 is 0 Å². The fourth-order valence-corrected chi connectivity index (χ4v) is 5.41. The lowest BCUT2D eigenvalue weighted by atomic mass is 10.1. The van der Waals surface area contributed by atoms with E-state index in [2.05, 4.69) is 0 Å². The Balaban J connectivity index is 1.91. The van der Waals surface area contributed by atoms with Crippen molar-refractivity contribution in [1.82, 2.24) is 4.31 Å². The molecular formula is C30H30N2O2S. The molecule has 4 aromatic rings. The number of aliphatic imine (C=N–C) groups is 1. The van der Waals surface area contributed by atoms with E-state index in [1.807, 2.05) is 112 Å². The minimum absolute atomic E-state index is 0.188. The molecule has 0 amide bonds. The van der Waals surface area contributed by atoms with E-state index in [0.717, 1.165) is 33.5 Å². The first-order valence-electron chi connectivity index (χ1n) is 11.7. The minimum Gasteiger partial charge on any atom is -0.249 e. The van der Waals surface area contributed by atoms with E-state index in [1.165, 1.54) is 4.31 Å². The van der Waals surface area contributed by atoms with Crippen LogP contribution >= 0.6 is 0 Å². The molecule has 4 rings (SSSR count). The van der Waals surface area contributed by atoms with Gasteiger partial charge in [-0.15, -0.1) is 0 Å². The molecule has 0 aromatic heterocycles. The van der Waals surface area contributed by atoms with E-state index in [-0.39, 0.29) is 11.4 Å². The van der Waals surface area contributed by atoms with Gasteiger partial charge in [0.1, 0.15) is 5.84 Å². The normalized spacial score (nSPS) is 11.9. The SMILES string of the molecule is Cc1ccc(S(=O)(=O)N(Cc2ccccc2)C(Cc2ccccc2)=Nc2c(C)cccc2C)cc1. The fraction of sp³-hybridized carbons (Fsp3) is 0.167. The predicted octanol–water partition coefficient (Wildman–Crippen LogP) is 6.78. The highest BCUT2D eigenvalue weighted by atomic mass is 32.2. The summed E-state index contributed by atoms with van der Waals surface area (Å²) in [5.74, 6) is 0.484. The molecule has 5 heteroatoms. The van der Waals surface area contributed by atoms with Crippen molar-refractivity contribution in [2.45, 2.75) is 38.6 Å². The average Bonchev–Trinajstić information content (AvgIpc) is 2.86. The van der Waals surface area contributed by atoms with Crippen LogP contribution in [0.4, 0.5) is 5.69 Å². The number of benzene rings is 4. The number of sulfonamides is 1. The van der Waals surface area contributed by atoms with Crippen molar-refractivity contribution in [3.05, 3.63) is 131 Å². The van der Waals surface area contributed by atoms with E-state index in [1.54, 1.807) is 12.1 Å². The Labute approximate surface area is 208 Å². The van der Waals surface area contributed by atoms with E-state index in [9.17, 15) is 8.42 Å². The Morgan fingerprint density at radius 1 is 0.686 bits per heavy atom. The molecule has 0 heterocycles. The number of hydrogen-bond donors (Lipinski definition) is 0. The highest BCUT2D eigenvalue weighted by molar-refractivity contribution is 7.89. The van der Waals surface area contributed by atoms with Crippen LogP contribution in [-0.2, 0) is 23.0 Å². The van der Waals surface area contributed by atoms with Crippen LogP contribution in [0.15, 0.2) is 113 Å². The lowest BCUT2D eigenvalue weighted by Crippen LogP contribution is -2.37. The molecular weight excluding hydrogens is 452 g/mol. The minimum atomic E-state index is -3.88. The summed E-state index contributed by atoms with van der Waals surface area (Å²) >= 11 is 0. The molecule has 0 spiro atoms. The van der Waals surface area contributed by atoms with Crippen LogP contribution in [-0.4, -0.2) is 18.6 Å². The van der Waals surface area contributed by atoms with Gasteiger partial charge in [0, 0.05) is 6.42 Å². The molecule has 0 unspecified atom stereocenters. The van der Waals surface area contributed by atoms with E-state index in [0.29, 0.717) is 12.3 Å². The summed E-state index contributed by atoms with van der Waals surface area (Å²) in [6.45, 7) is 6.14. The van der Waals surface area contributed by atoms with Crippen molar-refractivity contribution in [2.24, 2.45) is 4.99 Å². The smallest absolute Gasteiger partial charge is 0.249 e. The molecule has 0 fully saturated rings. The molecule has 178 valence electrons. The highest BCUT2D eigenvalue weighted by Crippen LogP contribution is 2.27.